The Morgan fingerprint density at radius 2 is 1.81 bits per heavy atom. The van der Waals surface area contributed by atoms with E-state index in [1.165, 1.54) is 0 Å². The first-order valence-electron chi connectivity index (χ1n) is 5.28. The van der Waals surface area contributed by atoms with Crippen LogP contribution in [-0.4, -0.2) is 6.61 Å². The topological polar surface area (TPSA) is 18.5 Å². The van der Waals surface area contributed by atoms with Crippen molar-refractivity contribution in [3.8, 4) is 11.5 Å². The molecule has 0 bridgehead atoms. The Morgan fingerprint density at radius 3 is 2.62 bits per heavy atom. The number of benzene rings is 2. The summed E-state index contributed by atoms with van der Waals surface area (Å²) >= 11 is 0. The zero-order valence-electron chi connectivity index (χ0n) is 8.72. The fraction of sp³-hybridized carbons (Fsp3) is 0.143. The molecule has 2 aromatic rings. The predicted octanol–water partition coefficient (Wildman–Crippen LogP) is 3.00. The number of hydrogen-bond acceptors (Lipinski definition) is 2. The highest BCUT2D eigenvalue weighted by molar-refractivity contribution is 5.41. The van der Waals surface area contributed by atoms with Crippen molar-refractivity contribution in [3.63, 3.8) is 0 Å². The van der Waals surface area contributed by atoms with E-state index in [0.29, 0.717) is 6.61 Å². The maximum Gasteiger partial charge on any atom is 0.162 e. The summed E-state index contributed by atoms with van der Waals surface area (Å²) in [6.45, 7) is 0.539. The molecule has 2 aromatic carbocycles. The summed E-state index contributed by atoms with van der Waals surface area (Å²) < 4.78 is 11.5. The highest BCUT2D eigenvalue weighted by Gasteiger charge is 2.21. The maximum atomic E-state index is 5.86. The second-order valence-electron chi connectivity index (χ2n) is 3.68. The molecular weight excluding hydrogens is 200 g/mol. The van der Waals surface area contributed by atoms with Crippen LogP contribution < -0.4 is 9.47 Å². The van der Waals surface area contributed by atoms with Gasteiger partial charge in [0, 0.05) is 5.56 Å². The maximum absolute atomic E-state index is 5.86. The second kappa shape index (κ2) is 3.89. The molecule has 0 aromatic heterocycles. The molecule has 1 radical (unpaired) electrons. The molecule has 0 saturated carbocycles. The zero-order valence-corrected chi connectivity index (χ0v) is 8.72. The minimum atomic E-state index is -0.0592. The molecule has 1 aliphatic heterocycles. The van der Waals surface area contributed by atoms with Gasteiger partial charge in [0.2, 0.25) is 0 Å². The van der Waals surface area contributed by atoms with Gasteiger partial charge in [-0.3, -0.25) is 0 Å². The van der Waals surface area contributed by atoms with Crippen LogP contribution in [0, 0.1) is 6.07 Å². The van der Waals surface area contributed by atoms with Crippen LogP contribution in [0.25, 0.3) is 0 Å². The molecule has 1 aliphatic rings. The molecule has 1 atom stereocenters. The molecule has 1 heterocycles. The van der Waals surface area contributed by atoms with Gasteiger partial charge in [-0.15, -0.1) is 0 Å². The van der Waals surface area contributed by atoms with Crippen molar-refractivity contribution in [1.82, 2.24) is 0 Å². The van der Waals surface area contributed by atoms with Crippen LogP contribution in [-0.2, 0) is 0 Å². The Balaban J connectivity index is 1.89. The molecule has 0 fully saturated rings. The summed E-state index contributed by atoms with van der Waals surface area (Å²) in [5.41, 5.74) is 1.03. The van der Waals surface area contributed by atoms with E-state index in [9.17, 15) is 0 Å². The van der Waals surface area contributed by atoms with Crippen molar-refractivity contribution in [2.45, 2.75) is 6.10 Å². The summed E-state index contributed by atoms with van der Waals surface area (Å²) in [7, 11) is 0. The van der Waals surface area contributed by atoms with Crippen molar-refractivity contribution < 1.29 is 9.47 Å². The standard InChI is InChI=1S/C14H11O2/c1-2-6-11(7-3-1)14-10-15-12-8-4-5-9-13(12)16-14/h1-6,8-9,14H,10H2. The Bertz CT molecular complexity index is 479. The summed E-state index contributed by atoms with van der Waals surface area (Å²) in [5, 5.41) is 0. The van der Waals surface area contributed by atoms with Gasteiger partial charge < -0.3 is 9.47 Å². The van der Waals surface area contributed by atoms with Crippen molar-refractivity contribution in [3.05, 3.63) is 60.2 Å². The third-order valence-electron chi connectivity index (χ3n) is 2.59. The van der Waals surface area contributed by atoms with Gasteiger partial charge in [-0.2, -0.15) is 0 Å². The molecule has 0 amide bonds. The van der Waals surface area contributed by atoms with E-state index in [4.69, 9.17) is 9.47 Å². The SMILES string of the molecule is [c]1ccccc1C1COc2ccccc2O1. The van der Waals surface area contributed by atoms with Gasteiger partial charge in [-0.1, -0.05) is 36.4 Å². The average molecular weight is 211 g/mol. The Labute approximate surface area is 94.4 Å². The first-order valence-corrected chi connectivity index (χ1v) is 5.28. The lowest BCUT2D eigenvalue weighted by Crippen LogP contribution is -2.21. The molecule has 3 rings (SSSR count). The van der Waals surface area contributed by atoms with Crippen molar-refractivity contribution in [2.75, 3.05) is 6.61 Å². The first-order chi connectivity index (χ1) is 7.93. The fourth-order valence-corrected chi connectivity index (χ4v) is 1.78. The molecule has 0 saturated heterocycles. The third kappa shape index (κ3) is 1.63. The van der Waals surface area contributed by atoms with Crippen molar-refractivity contribution >= 4 is 0 Å². The number of rotatable bonds is 1. The minimum absolute atomic E-state index is 0.0592. The second-order valence-corrected chi connectivity index (χ2v) is 3.68. The summed E-state index contributed by atoms with van der Waals surface area (Å²) in [6.07, 6.45) is -0.0592. The van der Waals surface area contributed by atoms with Gasteiger partial charge in [0.1, 0.15) is 6.61 Å². The fourth-order valence-electron chi connectivity index (χ4n) is 1.78. The normalized spacial score (nSPS) is 18.1. The third-order valence-corrected chi connectivity index (χ3v) is 2.59. The van der Waals surface area contributed by atoms with Gasteiger partial charge in [-0.05, 0) is 18.2 Å². The largest absolute Gasteiger partial charge is 0.485 e. The smallest absolute Gasteiger partial charge is 0.162 e. The lowest BCUT2D eigenvalue weighted by Gasteiger charge is -2.26. The first kappa shape index (κ1) is 9.28. The van der Waals surface area contributed by atoms with Crippen molar-refractivity contribution in [1.29, 1.82) is 0 Å². The summed E-state index contributed by atoms with van der Waals surface area (Å²) in [6, 6.07) is 18.7. The summed E-state index contributed by atoms with van der Waals surface area (Å²) in [4.78, 5) is 0. The van der Waals surface area contributed by atoms with Crippen LogP contribution in [0.3, 0.4) is 0 Å². The highest BCUT2D eigenvalue weighted by atomic mass is 16.6. The van der Waals surface area contributed by atoms with Gasteiger partial charge in [0.25, 0.3) is 0 Å². The van der Waals surface area contributed by atoms with Crippen LogP contribution in [0.1, 0.15) is 11.7 Å². The Hall–Kier alpha value is -1.96. The van der Waals surface area contributed by atoms with Crippen LogP contribution >= 0.6 is 0 Å². The van der Waals surface area contributed by atoms with E-state index in [1.54, 1.807) is 0 Å². The number of fused-ring (bicyclic) bond motifs is 1. The van der Waals surface area contributed by atoms with E-state index in [1.807, 2.05) is 48.5 Å². The molecule has 1 unspecified atom stereocenters. The molecule has 0 aliphatic carbocycles. The van der Waals surface area contributed by atoms with Crippen LogP contribution in [0.5, 0.6) is 11.5 Å². The van der Waals surface area contributed by atoms with E-state index >= 15 is 0 Å². The van der Waals surface area contributed by atoms with Crippen LogP contribution in [0.4, 0.5) is 0 Å². The molecule has 2 heteroatoms. The van der Waals surface area contributed by atoms with Gasteiger partial charge >= 0.3 is 0 Å². The number of ether oxygens (including phenoxy) is 2. The quantitative estimate of drug-likeness (QED) is 0.722. The minimum Gasteiger partial charge on any atom is -0.485 e. The van der Waals surface area contributed by atoms with Gasteiger partial charge in [0.15, 0.2) is 17.6 Å². The molecule has 79 valence electrons. The van der Waals surface area contributed by atoms with Crippen LogP contribution in [0.2, 0.25) is 0 Å². The predicted molar refractivity (Wildman–Crippen MR) is 60.6 cm³/mol. The average Bonchev–Trinajstić information content (AvgIpc) is 2.39. The summed E-state index contributed by atoms with van der Waals surface area (Å²) in [5.74, 6) is 1.62. The molecular formula is C14H11O2. The van der Waals surface area contributed by atoms with Gasteiger partial charge in [-0.25, -0.2) is 0 Å². The van der Waals surface area contributed by atoms with E-state index in [-0.39, 0.29) is 6.10 Å². The number of hydrogen-bond donors (Lipinski definition) is 0. The van der Waals surface area contributed by atoms with Crippen LogP contribution in [0.15, 0.2) is 48.5 Å². The Morgan fingerprint density at radius 1 is 1.00 bits per heavy atom. The monoisotopic (exact) mass is 211 g/mol. The lowest BCUT2D eigenvalue weighted by molar-refractivity contribution is 0.0911. The molecule has 0 spiro atoms. The van der Waals surface area contributed by atoms with Crippen molar-refractivity contribution in [2.24, 2.45) is 0 Å². The molecule has 2 nitrogen and oxygen atoms in total. The number of para-hydroxylation sites is 2. The van der Waals surface area contributed by atoms with E-state index in [0.717, 1.165) is 17.1 Å². The lowest BCUT2D eigenvalue weighted by atomic mass is 10.1. The van der Waals surface area contributed by atoms with E-state index < -0.39 is 0 Å². The zero-order chi connectivity index (χ0) is 10.8. The Kier molecular flexibility index (Phi) is 2.26. The highest BCUT2D eigenvalue weighted by Crippen LogP contribution is 2.35. The van der Waals surface area contributed by atoms with E-state index in [2.05, 4.69) is 6.07 Å². The van der Waals surface area contributed by atoms with Gasteiger partial charge in [0.05, 0.1) is 0 Å². The molecule has 16 heavy (non-hydrogen) atoms. The molecule has 0 N–H and O–H groups in total.